The van der Waals surface area contributed by atoms with Crippen molar-refractivity contribution in [2.75, 3.05) is 58.2 Å². The Morgan fingerprint density at radius 3 is 2.74 bits per heavy atom. The first-order chi connectivity index (χ1) is 16.4. The fourth-order valence-corrected chi connectivity index (χ4v) is 4.14. The van der Waals surface area contributed by atoms with Crippen LogP contribution in [-0.4, -0.2) is 69.0 Å². The molecule has 8 heteroatoms. The lowest BCUT2D eigenvalue weighted by Gasteiger charge is -2.27. The first-order valence-electron chi connectivity index (χ1n) is 11.5. The summed E-state index contributed by atoms with van der Waals surface area (Å²) in [6.07, 6.45) is 2.51. The predicted molar refractivity (Wildman–Crippen MR) is 135 cm³/mol. The topological polar surface area (TPSA) is 82.7 Å². The van der Waals surface area contributed by atoms with Gasteiger partial charge < -0.3 is 24.6 Å². The number of carbonyl (C=O) groups excluding carboxylic acids is 1. The van der Waals surface area contributed by atoms with Crippen LogP contribution >= 0.6 is 0 Å². The first kappa shape index (κ1) is 23.6. The second-order valence-corrected chi connectivity index (χ2v) is 9.02. The van der Waals surface area contributed by atoms with E-state index in [-0.39, 0.29) is 11.8 Å². The number of likely N-dealkylation sites (N-methyl/N-ethyl adjacent to an activating group) is 2. The van der Waals surface area contributed by atoms with Gasteiger partial charge in [0.15, 0.2) is 0 Å². The van der Waals surface area contributed by atoms with Crippen molar-refractivity contribution in [1.82, 2.24) is 15.1 Å². The number of amides is 1. The van der Waals surface area contributed by atoms with Crippen molar-refractivity contribution in [1.29, 1.82) is 0 Å². The summed E-state index contributed by atoms with van der Waals surface area (Å²) in [4.78, 5) is 17.6. The summed E-state index contributed by atoms with van der Waals surface area (Å²) in [6.45, 7) is 4.05. The van der Waals surface area contributed by atoms with Gasteiger partial charge in [0, 0.05) is 31.9 Å². The standard InChI is InChI=1S/C26H33N5O3/c1-17-22(15-27-29-17)18-6-8-23(24(14-18)31(4)11-10-30(2)3)28-26(32)20-12-19-13-21(33-5)7-9-25(19)34-16-20/h6-9,13-15,20H,10-12,16H2,1-5H3,(H,27,29)(H,28,32). The second-order valence-electron chi connectivity index (χ2n) is 9.02. The molecule has 0 aliphatic carbocycles. The molecule has 4 rings (SSSR count). The van der Waals surface area contributed by atoms with Gasteiger partial charge in [-0.25, -0.2) is 0 Å². The smallest absolute Gasteiger partial charge is 0.231 e. The van der Waals surface area contributed by atoms with Crippen molar-refractivity contribution in [3.8, 4) is 22.6 Å². The van der Waals surface area contributed by atoms with E-state index in [9.17, 15) is 4.79 Å². The third-order valence-electron chi connectivity index (χ3n) is 6.24. The molecule has 0 spiro atoms. The highest BCUT2D eigenvalue weighted by Gasteiger charge is 2.27. The van der Waals surface area contributed by atoms with Crippen molar-refractivity contribution in [3.63, 3.8) is 0 Å². The number of fused-ring (bicyclic) bond motifs is 1. The number of hydrogen-bond donors (Lipinski definition) is 2. The van der Waals surface area contributed by atoms with E-state index in [1.165, 1.54) is 0 Å². The number of aromatic nitrogens is 2. The third-order valence-corrected chi connectivity index (χ3v) is 6.24. The molecule has 2 heterocycles. The van der Waals surface area contributed by atoms with Gasteiger partial charge in [-0.15, -0.1) is 0 Å². The van der Waals surface area contributed by atoms with E-state index in [0.29, 0.717) is 13.0 Å². The summed E-state index contributed by atoms with van der Waals surface area (Å²) < 4.78 is 11.2. The Kier molecular flexibility index (Phi) is 7.07. The molecular formula is C26H33N5O3. The van der Waals surface area contributed by atoms with E-state index in [2.05, 4.69) is 45.5 Å². The van der Waals surface area contributed by atoms with Crippen LogP contribution in [0, 0.1) is 12.8 Å². The fraction of sp³-hybridized carbons (Fsp3) is 0.385. The molecule has 1 amide bonds. The van der Waals surface area contributed by atoms with E-state index in [4.69, 9.17) is 9.47 Å². The van der Waals surface area contributed by atoms with Gasteiger partial charge in [0.05, 0.1) is 30.1 Å². The van der Waals surface area contributed by atoms with Crippen LogP contribution < -0.4 is 19.7 Å². The molecule has 0 saturated carbocycles. The van der Waals surface area contributed by atoms with Crippen molar-refractivity contribution < 1.29 is 14.3 Å². The van der Waals surface area contributed by atoms with Crippen molar-refractivity contribution >= 4 is 17.3 Å². The van der Waals surface area contributed by atoms with Gasteiger partial charge in [-0.3, -0.25) is 9.89 Å². The molecule has 2 aromatic carbocycles. The molecular weight excluding hydrogens is 430 g/mol. The molecule has 1 atom stereocenters. The van der Waals surface area contributed by atoms with Crippen LogP contribution in [-0.2, 0) is 11.2 Å². The lowest BCUT2D eigenvalue weighted by Crippen LogP contribution is -2.33. The van der Waals surface area contributed by atoms with Crippen molar-refractivity contribution in [3.05, 3.63) is 53.9 Å². The number of benzene rings is 2. The fourth-order valence-electron chi connectivity index (χ4n) is 4.14. The molecule has 1 aromatic heterocycles. The van der Waals surface area contributed by atoms with E-state index >= 15 is 0 Å². The molecule has 0 radical (unpaired) electrons. The van der Waals surface area contributed by atoms with Crippen LogP contribution in [0.4, 0.5) is 11.4 Å². The van der Waals surface area contributed by atoms with Crippen molar-refractivity contribution in [2.45, 2.75) is 13.3 Å². The highest BCUT2D eigenvalue weighted by Crippen LogP contribution is 2.34. The van der Waals surface area contributed by atoms with Gasteiger partial charge in [-0.05, 0) is 68.9 Å². The lowest BCUT2D eigenvalue weighted by molar-refractivity contribution is -0.121. The number of rotatable bonds is 8. The van der Waals surface area contributed by atoms with Crippen LogP contribution in [0.3, 0.4) is 0 Å². The number of anilines is 2. The molecule has 1 aliphatic rings. The number of H-pyrrole nitrogens is 1. The average Bonchev–Trinajstić information content (AvgIpc) is 3.27. The molecule has 1 unspecified atom stereocenters. The van der Waals surface area contributed by atoms with Gasteiger partial charge in [0.25, 0.3) is 0 Å². The number of aryl methyl sites for hydroxylation is 1. The number of carbonyl (C=O) groups is 1. The number of aromatic amines is 1. The van der Waals surface area contributed by atoms with E-state index in [1.54, 1.807) is 7.11 Å². The molecule has 2 N–H and O–H groups in total. The van der Waals surface area contributed by atoms with Crippen LogP contribution in [0.15, 0.2) is 42.6 Å². The number of ether oxygens (including phenoxy) is 2. The van der Waals surface area contributed by atoms with E-state index in [1.807, 2.05) is 50.5 Å². The maximum Gasteiger partial charge on any atom is 0.231 e. The zero-order valence-electron chi connectivity index (χ0n) is 20.5. The number of methoxy groups -OCH3 is 1. The highest BCUT2D eigenvalue weighted by molar-refractivity contribution is 5.97. The van der Waals surface area contributed by atoms with Gasteiger partial charge in [-0.1, -0.05) is 6.07 Å². The minimum Gasteiger partial charge on any atom is -0.497 e. The van der Waals surface area contributed by atoms with Gasteiger partial charge in [-0.2, -0.15) is 5.10 Å². The molecule has 180 valence electrons. The summed E-state index contributed by atoms with van der Waals surface area (Å²) >= 11 is 0. The normalized spacial score (nSPS) is 14.9. The quantitative estimate of drug-likeness (QED) is 0.531. The summed E-state index contributed by atoms with van der Waals surface area (Å²) in [7, 11) is 7.79. The van der Waals surface area contributed by atoms with Gasteiger partial charge in [0.1, 0.15) is 18.1 Å². The summed E-state index contributed by atoms with van der Waals surface area (Å²) in [5.41, 5.74) is 5.77. The van der Waals surface area contributed by atoms with E-state index in [0.717, 1.165) is 58.3 Å². The molecule has 3 aromatic rings. The molecule has 34 heavy (non-hydrogen) atoms. The minimum absolute atomic E-state index is 0.0528. The number of nitrogens with one attached hydrogen (secondary N) is 2. The number of nitrogens with zero attached hydrogens (tertiary/aromatic N) is 3. The largest absolute Gasteiger partial charge is 0.497 e. The third kappa shape index (κ3) is 5.17. The van der Waals surface area contributed by atoms with Gasteiger partial charge in [0.2, 0.25) is 5.91 Å². The average molecular weight is 464 g/mol. The van der Waals surface area contributed by atoms with Crippen LogP contribution in [0.5, 0.6) is 11.5 Å². The van der Waals surface area contributed by atoms with Crippen LogP contribution in [0.25, 0.3) is 11.1 Å². The van der Waals surface area contributed by atoms with Gasteiger partial charge >= 0.3 is 0 Å². The Bertz CT molecular complexity index is 1160. The Morgan fingerprint density at radius 1 is 1.21 bits per heavy atom. The molecule has 0 saturated heterocycles. The Morgan fingerprint density at radius 2 is 2.03 bits per heavy atom. The maximum absolute atomic E-state index is 13.3. The summed E-state index contributed by atoms with van der Waals surface area (Å²) in [5.74, 6) is 1.24. The SMILES string of the molecule is COc1ccc2c(c1)CC(C(=O)Nc1ccc(-c3c[nH]nc3C)cc1N(C)CCN(C)C)CO2. The van der Waals surface area contributed by atoms with Crippen LogP contribution in [0.2, 0.25) is 0 Å². The van der Waals surface area contributed by atoms with E-state index < -0.39 is 0 Å². The lowest BCUT2D eigenvalue weighted by atomic mass is 9.95. The Labute approximate surface area is 200 Å². The first-order valence-corrected chi connectivity index (χ1v) is 11.5. The highest BCUT2D eigenvalue weighted by atomic mass is 16.5. The molecule has 0 fully saturated rings. The van der Waals surface area contributed by atoms with Crippen LogP contribution in [0.1, 0.15) is 11.3 Å². The Hall–Kier alpha value is -3.52. The maximum atomic E-state index is 13.3. The zero-order chi connectivity index (χ0) is 24.2. The molecule has 8 nitrogen and oxygen atoms in total. The minimum atomic E-state index is -0.282. The number of hydrogen-bond acceptors (Lipinski definition) is 6. The molecule has 1 aliphatic heterocycles. The Balaban J connectivity index is 1.57. The predicted octanol–water partition coefficient (Wildman–Crippen LogP) is 3.58. The monoisotopic (exact) mass is 463 g/mol. The van der Waals surface area contributed by atoms with Crippen molar-refractivity contribution in [2.24, 2.45) is 5.92 Å². The second kappa shape index (κ2) is 10.2. The molecule has 0 bridgehead atoms. The summed E-state index contributed by atoms with van der Waals surface area (Å²) in [6, 6.07) is 11.8. The zero-order valence-corrected chi connectivity index (χ0v) is 20.5. The summed E-state index contributed by atoms with van der Waals surface area (Å²) in [5, 5.41) is 10.3.